The highest BCUT2D eigenvalue weighted by atomic mass is 16.5. The summed E-state index contributed by atoms with van der Waals surface area (Å²) >= 11 is 0. The van der Waals surface area contributed by atoms with E-state index in [2.05, 4.69) is 62.4 Å². The summed E-state index contributed by atoms with van der Waals surface area (Å²) in [5.74, 6) is 1.66. The first-order chi connectivity index (χ1) is 15.7. The van der Waals surface area contributed by atoms with Gasteiger partial charge in [0.05, 0.1) is 13.2 Å². The molecule has 3 fully saturated rings. The maximum Gasteiger partial charge on any atom is 0.193 e. The fraction of sp³-hybridized carbons (Fsp3) is 0.731. The number of piperidine rings is 2. The Morgan fingerprint density at radius 1 is 1.06 bits per heavy atom. The third-order valence-corrected chi connectivity index (χ3v) is 7.78. The Bertz CT molecular complexity index is 710. The van der Waals surface area contributed by atoms with Gasteiger partial charge in [0, 0.05) is 38.1 Å². The number of hydrogen-bond acceptors (Lipinski definition) is 4. The maximum atomic E-state index is 6.03. The Morgan fingerprint density at radius 2 is 1.81 bits per heavy atom. The monoisotopic (exact) mass is 441 g/mol. The van der Waals surface area contributed by atoms with Gasteiger partial charge < -0.3 is 19.9 Å². The zero-order valence-corrected chi connectivity index (χ0v) is 20.3. The van der Waals surface area contributed by atoms with Gasteiger partial charge in [-0.2, -0.15) is 0 Å². The summed E-state index contributed by atoms with van der Waals surface area (Å²) in [6.07, 6.45) is 7.78. The number of ether oxygens (including phenoxy) is 1. The molecule has 0 aromatic heterocycles. The average Bonchev–Trinajstić information content (AvgIpc) is 3.31. The molecule has 178 valence electrons. The summed E-state index contributed by atoms with van der Waals surface area (Å²) in [6.45, 7) is 9.56. The minimum absolute atomic E-state index is 0.279. The van der Waals surface area contributed by atoms with E-state index < -0.39 is 0 Å². The van der Waals surface area contributed by atoms with Crippen LogP contribution in [-0.4, -0.2) is 92.7 Å². The van der Waals surface area contributed by atoms with Crippen LogP contribution in [0.2, 0.25) is 0 Å². The Morgan fingerprint density at radius 3 is 2.53 bits per heavy atom. The quantitative estimate of drug-likeness (QED) is 0.520. The molecule has 0 spiro atoms. The molecular weight excluding hydrogens is 398 g/mol. The molecule has 1 atom stereocenters. The standard InChI is InChI=1S/C26H43N5O/c1-27-25(30-16-11-24(19-30)21-32-20-23-9-5-3-6-10-23)28-22-26(12-17-29(2)18-13-26)31-14-7-4-8-15-31/h3,5-6,9-10,24H,4,7-8,11-22H2,1-2H3,(H,27,28). The maximum absolute atomic E-state index is 6.03. The third kappa shape index (κ3) is 6.03. The Labute approximate surface area is 195 Å². The van der Waals surface area contributed by atoms with Gasteiger partial charge in [0.15, 0.2) is 5.96 Å². The fourth-order valence-electron chi connectivity index (χ4n) is 5.66. The van der Waals surface area contributed by atoms with Crippen LogP contribution in [0, 0.1) is 5.92 Å². The second-order valence-corrected chi connectivity index (χ2v) is 10.1. The van der Waals surface area contributed by atoms with Crippen molar-refractivity contribution in [2.24, 2.45) is 10.9 Å². The molecule has 0 bridgehead atoms. The van der Waals surface area contributed by atoms with E-state index in [1.54, 1.807) is 0 Å². The van der Waals surface area contributed by atoms with Crippen molar-refractivity contribution in [2.75, 3.05) is 66.5 Å². The number of guanidine groups is 1. The summed E-state index contributed by atoms with van der Waals surface area (Å²) < 4.78 is 6.03. The van der Waals surface area contributed by atoms with Crippen molar-refractivity contribution in [3.63, 3.8) is 0 Å². The van der Waals surface area contributed by atoms with Gasteiger partial charge in [-0.25, -0.2) is 0 Å². The van der Waals surface area contributed by atoms with Crippen LogP contribution < -0.4 is 5.32 Å². The number of likely N-dealkylation sites (tertiary alicyclic amines) is 3. The van der Waals surface area contributed by atoms with Gasteiger partial charge in [0.25, 0.3) is 0 Å². The third-order valence-electron chi connectivity index (χ3n) is 7.78. The summed E-state index contributed by atoms with van der Waals surface area (Å²) in [7, 11) is 4.19. The zero-order valence-electron chi connectivity index (χ0n) is 20.3. The lowest BCUT2D eigenvalue weighted by Gasteiger charge is -2.50. The number of nitrogens with one attached hydrogen (secondary N) is 1. The molecule has 0 aliphatic carbocycles. The first-order valence-electron chi connectivity index (χ1n) is 12.7. The van der Waals surface area contributed by atoms with Crippen molar-refractivity contribution in [1.82, 2.24) is 20.0 Å². The SMILES string of the molecule is CN=C(NCC1(N2CCCCC2)CCN(C)CC1)N1CCC(COCc2ccccc2)C1. The molecule has 32 heavy (non-hydrogen) atoms. The molecule has 1 N–H and O–H groups in total. The van der Waals surface area contributed by atoms with E-state index in [4.69, 9.17) is 4.74 Å². The van der Waals surface area contributed by atoms with E-state index in [-0.39, 0.29) is 5.54 Å². The van der Waals surface area contributed by atoms with Gasteiger partial charge in [-0.15, -0.1) is 0 Å². The van der Waals surface area contributed by atoms with E-state index in [0.717, 1.165) is 32.2 Å². The highest BCUT2D eigenvalue weighted by molar-refractivity contribution is 5.80. The number of aliphatic imine (C=N–C) groups is 1. The molecule has 0 saturated carbocycles. The predicted octanol–water partition coefficient (Wildman–Crippen LogP) is 3.05. The van der Waals surface area contributed by atoms with Crippen molar-refractivity contribution in [3.05, 3.63) is 35.9 Å². The van der Waals surface area contributed by atoms with Crippen molar-refractivity contribution in [3.8, 4) is 0 Å². The average molecular weight is 442 g/mol. The fourth-order valence-corrected chi connectivity index (χ4v) is 5.66. The van der Waals surface area contributed by atoms with Crippen molar-refractivity contribution < 1.29 is 4.74 Å². The lowest BCUT2D eigenvalue weighted by Crippen LogP contribution is -2.62. The molecule has 3 aliphatic rings. The first kappa shape index (κ1) is 23.5. The zero-order chi connectivity index (χ0) is 22.2. The van der Waals surface area contributed by atoms with Gasteiger partial charge >= 0.3 is 0 Å². The molecule has 1 aromatic rings. The molecule has 4 rings (SSSR count). The van der Waals surface area contributed by atoms with E-state index in [1.165, 1.54) is 70.3 Å². The smallest absolute Gasteiger partial charge is 0.193 e. The topological polar surface area (TPSA) is 43.3 Å². The number of nitrogens with zero attached hydrogens (tertiary/aromatic N) is 4. The Kier molecular flexibility index (Phi) is 8.44. The number of rotatable bonds is 7. The largest absolute Gasteiger partial charge is 0.376 e. The summed E-state index contributed by atoms with van der Waals surface area (Å²) in [6, 6.07) is 10.5. The molecule has 1 aromatic carbocycles. The van der Waals surface area contributed by atoms with Crippen molar-refractivity contribution in [1.29, 1.82) is 0 Å². The second-order valence-electron chi connectivity index (χ2n) is 10.1. The lowest BCUT2D eigenvalue weighted by molar-refractivity contribution is 0.0169. The van der Waals surface area contributed by atoms with Gasteiger partial charge in [-0.05, 0) is 70.9 Å². The van der Waals surface area contributed by atoms with Gasteiger partial charge in [-0.3, -0.25) is 9.89 Å². The Hall–Kier alpha value is -1.63. The van der Waals surface area contributed by atoms with E-state index in [9.17, 15) is 0 Å². The lowest BCUT2D eigenvalue weighted by atomic mass is 9.84. The molecule has 6 heteroatoms. The van der Waals surface area contributed by atoms with Crippen LogP contribution >= 0.6 is 0 Å². The Balaban J connectivity index is 1.27. The van der Waals surface area contributed by atoms with Crippen LogP contribution in [0.3, 0.4) is 0 Å². The molecule has 1 unspecified atom stereocenters. The molecule has 3 saturated heterocycles. The number of hydrogen-bond donors (Lipinski definition) is 1. The second kappa shape index (κ2) is 11.5. The minimum Gasteiger partial charge on any atom is -0.376 e. The van der Waals surface area contributed by atoms with E-state index >= 15 is 0 Å². The molecule has 0 amide bonds. The van der Waals surface area contributed by atoms with Crippen molar-refractivity contribution >= 4 is 5.96 Å². The van der Waals surface area contributed by atoms with Crippen LogP contribution in [-0.2, 0) is 11.3 Å². The molecule has 3 heterocycles. The van der Waals surface area contributed by atoms with E-state index in [1.807, 2.05) is 7.05 Å². The summed E-state index contributed by atoms with van der Waals surface area (Å²) in [4.78, 5) is 12.4. The normalized spacial score (nSPS) is 25.2. The van der Waals surface area contributed by atoms with Gasteiger partial charge in [0.2, 0.25) is 0 Å². The van der Waals surface area contributed by atoms with E-state index in [0.29, 0.717) is 12.5 Å². The summed E-state index contributed by atoms with van der Waals surface area (Å²) in [5.41, 5.74) is 1.53. The predicted molar refractivity (Wildman–Crippen MR) is 132 cm³/mol. The van der Waals surface area contributed by atoms with Crippen LogP contribution in [0.15, 0.2) is 35.3 Å². The van der Waals surface area contributed by atoms with Crippen LogP contribution in [0.5, 0.6) is 0 Å². The molecular formula is C26H43N5O. The van der Waals surface area contributed by atoms with Crippen LogP contribution in [0.25, 0.3) is 0 Å². The highest BCUT2D eigenvalue weighted by Crippen LogP contribution is 2.31. The summed E-state index contributed by atoms with van der Waals surface area (Å²) in [5, 5.41) is 3.81. The highest BCUT2D eigenvalue weighted by Gasteiger charge is 2.40. The molecule has 3 aliphatic heterocycles. The first-order valence-corrected chi connectivity index (χ1v) is 12.7. The van der Waals surface area contributed by atoms with Crippen molar-refractivity contribution in [2.45, 2.75) is 50.7 Å². The number of benzene rings is 1. The van der Waals surface area contributed by atoms with Crippen LogP contribution in [0.1, 0.15) is 44.1 Å². The van der Waals surface area contributed by atoms with Gasteiger partial charge in [0.1, 0.15) is 0 Å². The van der Waals surface area contributed by atoms with Crippen LogP contribution in [0.4, 0.5) is 0 Å². The molecule has 0 radical (unpaired) electrons. The molecule has 6 nitrogen and oxygen atoms in total. The van der Waals surface area contributed by atoms with Gasteiger partial charge in [-0.1, -0.05) is 36.8 Å². The minimum atomic E-state index is 0.279.